The molecule has 1 fully saturated rings. The maximum Gasteiger partial charge on any atom is 0.251 e. The molecular weight excluding hydrogens is 330 g/mol. The van der Waals surface area contributed by atoms with Gasteiger partial charge in [0.25, 0.3) is 5.91 Å². The lowest BCUT2D eigenvalue weighted by atomic mass is 9.95. The number of nitrogens with one attached hydrogen (secondary N) is 1. The molecule has 2 aromatic rings. The fraction of sp³-hybridized carbons (Fsp3) is 0.381. The Hall–Kier alpha value is -1.94. The summed E-state index contributed by atoms with van der Waals surface area (Å²) < 4.78 is 5.47. The Kier molecular flexibility index (Phi) is 6.40. The normalized spacial score (nSPS) is 14.9. The Labute approximate surface area is 154 Å². The first-order valence-corrected chi connectivity index (χ1v) is 9.90. The molecule has 0 aromatic heterocycles. The maximum atomic E-state index is 12.6. The molecule has 25 heavy (non-hydrogen) atoms. The molecule has 0 aliphatic heterocycles. The van der Waals surface area contributed by atoms with Gasteiger partial charge in [0.15, 0.2) is 0 Å². The third-order valence-corrected chi connectivity index (χ3v) is 5.68. The van der Waals surface area contributed by atoms with E-state index < -0.39 is 0 Å². The summed E-state index contributed by atoms with van der Waals surface area (Å²) in [5, 5.41) is 3.19. The van der Waals surface area contributed by atoms with Crippen LogP contribution >= 0.6 is 11.8 Å². The van der Waals surface area contributed by atoms with Crippen molar-refractivity contribution in [1.29, 1.82) is 0 Å². The molecule has 1 saturated carbocycles. The molecule has 1 amide bonds. The van der Waals surface area contributed by atoms with E-state index in [0.29, 0.717) is 6.04 Å². The van der Waals surface area contributed by atoms with Gasteiger partial charge in [-0.3, -0.25) is 4.79 Å². The van der Waals surface area contributed by atoms with Crippen LogP contribution in [0.3, 0.4) is 0 Å². The van der Waals surface area contributed by atoms with Crippen LogP contribution in [-0.4, -0.2) is 19.1 Å². The maximum absolute atomic E-state index is 12.6. The van der Waals surface area contributed by atoms with Crippen molar-refractivity contribution in [3.63, 3.8) is 0 Å². The van der Waals surface area contributed by atoms with Gasteiger partial charge in [-0.15, -0.1) is 11.8 Å². The van der Waals surface area contributed by atoms with Crippen LogP contribution in [0.25, 0.3) is 0 Å². The van der Waals surface area contributed by atoms with E-state index in [9.17, 15) is 4.79 Å². The molecule has 132 valence electrons. The molecule has 0 radical (unpaired) electrons. The molecule has 2 aromatic carbocycles. The molecule has 0 unspecified atom stereocenters. The molecule has 1 aliphatic carbocycles. The molecule has 3 nitrogen and oxygen atoms in total. The van der Waals surface area contributed by atoms with Crippen LogP contribution < -0.4 is 10.1 Å². The minimum atomic E-state index is 0.0283. The second kappa shape index (κ2) is 8.95. The molecule has 1 N–H and O–H groups in total. The van der Waals surface area contributed by atoms with Crippen LogP contribution in [0.5, 0.6) is 5.75 Å². The topological polar surface area (TPSA) is 38.3 Å². The van der Waals surface area contributed by atoms with Crippen LogP contribution in [0, 0.1) is 0 Å². The third kappa shape index (κ3) is 5.02. The number of hydrogen-bond donors (Lipinski definition) is 1. The Bertz CT molecular complexity index is 696. The molecule has 3 rings (SSSR count). The SMILES string of the molecule is COc1ccc(C(=O)NC2CCCCC2)cc1CSc1ccccc1. The Morgan fingerprint density at radius 2 is 1.88 bits per heavy atom. The second-order valence-electron chi connectivity index (χ2n) is 6.44. The quantitative estimate of drug-likeness (QED) is 0.737. The van der Waals surface area contributed by atoms with Crippen molar-refractivity contribution in [2.45, 2.75) is 48.8 Å². The van der Waals surface area contributed by atoms with Crippen LogP contribution in [-0.2, 0) is 5.75 Å². The van der Waals surface area contributed by atoms with E-state index in [1.807, 2.05) is 36.4 Å². The van der Waals surface area contributed by atoms with E-state index in [1.54, 1.807) is 18.9 Å². The van der Waals surface area contributed by atoms with Gasteiger partial charge < -0.3 is 10.1 Å². The van der Waals surface area contributed by atoms with Crippen molar-refractivity contribution < 1.29 is 9.53 Å². The lowest BCUT2D eigenvalue weighted by Crippen LogP contribution is -2.36. The fourth-order valence-electron chi connectivity index (χ4n) is 3.23. The summed E-state index contributed by atoms with van der Waals surface area (Å²) >= 11 is 1.75. The van der Waals surface area contributed by atoms with Gasteiger partial charge in [0.05, 0.1) is 7.11 Å². The zero-order valence-electron chi connectivity index (χ0n) is 14.7. The summed E-state index contributed by atoms with van der Waals surface area (Å²) in [4.78, 5) is 13.8. The summed E-state index contributed by atoms with van der Waals surface area (Å²) in [6.07, 6.45) is 5.91. The molecule has 0 heterocycles. The number of benzene rings is 2. The first-order chi connectivity index (χ1) is 12.3. The number of hydrogen-bond acceptors (Lipinski definition) is 3. The first kappa shape index (κ1) is 17.9. The van der Waals surface area contributed by atoms with E-state index in [0.717, 1.165) is 35.5 Å². The summed E-state index contributed by atoms with van der Waals surface area (Å²) in [6.45, 7) is 0. The number of rotatable bonds is 6. The summed E-state index contributed by atoms with van der Waals surface area (Å²) in [5.74, 6) is 1.63. The van der Waals surface area contributed by atoms with Gasteiger partial charge in [-0.25, -0.2) is 0 Å². The van der Waals surface area contributed by atoms with Gasteiger partial charge in [-0.1, -0.05) is 37.5 Å². The minimum Gasteiger partial charge on any atom is -0.496 e. The standard InChI is InChI=1S/C21H25NO2S/c1-24-20-13-12-16(21(23)22-18-8-4-2-5-9-18)14-17(20)15-25-19-10-6-3-7-11-19/h3,6-7,10-14,18H,2,4-5,8-9,15H2,1H3,(H,22,23). The van der Waals surface area contributed by atoms with Gasteiger partial charge in [-0.2, -0.15) is 0 Å². The highest BCUT2D eigenvalue weighted by atomic mass is 32.2. The fourth-order valence-corrected chi connectivity index (χ4v) is 4.12. The second-order valence-corrected chi connectivity index (χ2v) is 7.49. The van der Waals surface area contributed by atoms with Crippen LogP contribution in [0.15, 0.2) is 53.4 Å². The van der Waals surface area contributed by atoms with Gasteiger partial charge in [0, 0.05) is 27.8 Å². The van der Waals surface area contributed by atoms with Crippen molar-refractivity contribution in [1.82, 2.24) is 5.32 Å². The smallest absolute Gasteiger partial charge is 0.251 e. The molecule has 0 saturated heterocycles. The van der Waals surface area contributed by atoms with E-state index in [-0.39, 0.29) is 5.91 Å². The molecular formula is C21H25NO2S. The average Bonchev–Trinajstić information content (AvgIpc) is 2.67. The number of amides is 1. The highest BCUT2D eigenvalue weighted by Gasteiger charge is 2.17. The molecule has 0 spiro atoms. The third-order valence-electron chi connectivity index (χ3n) is 4.62. The van der Waals surface area contributed by atoms with E-state index in [2.05, 4.69) is 17.4 Å². The Morgan fingerprint density at radius 3 is 2.60 bits per heavy atom. The zero-order valence-corrected chi connectivity index (χ0v) is 15.5. The van der Waals surface area contributed by atoms with Crippen LogP contribution in [0.2, 0.25) is 0 Å². The van der Waals surface area contributed by atoms with Gasteiger partial charge in [0.2, 0.25) is 0 Å². The lowest BCUT2D eigenvalue weighted by Gasteiger charge is -2.23. The molecule has 1 aliphatic rings. The number of carbonyl (C=O) groups excluding carboxylic acids is 1. The first-order valence-electron chi connectivity index (χ1n) is 8.92. The number of methoxy groups -OCH3 is 1. The molecule has 0 atom stereocenters. The monoisotopic (exact) mass is 355 g/mol. The van der Waals surface area contributed by atoms with E-state index in [1.165, 1.54) is 24.2 Å². The zero-order chi connectivity index (χ0) is 17.5. The highest BCUT2D eigenvalue weighted by molar-refractivity contribution is 7.98. The minimum absolute atomic E-state index is 0.0283. The van der Waals surface area contributed by atoms with Gasteiger partial charge in [0.1, 0.15) is 5.75 Å². The lowest BCUT2D eigenvalue weighted by molar-refractivity contribution is 0.0927. The number of thioether (sulfide) groups is 1. The predicted molar refractivity (Wildman–Crippen MR) is 103 cm³/mol. The van der Waals surface area contributed by atoms with E-state index in [4.69, 9.17) is 4.74 Å². The summed E-state index contributed by atoms with van der Waals surface area (Å²) in [6, 6.07) is 16.3. The number of ether oxygens (including phenoxy) is 1. The number of carbonyl (C=O) groups is 1. The van der Waals surface area contributed by atoms with Crippen LogP contribution in [0.4, 0.5) is 0 Å². The largest absolute Gasteiger partial charge is 0.496 e. The molecule has 0 bridgehead atoms. The summed E-state index contributed by atoms with van der Waals surface area (Å²) in [7, 11) is 1.67. The summed E-state index contributed by atoms with van der Waals surface area (Å²) in [5.41, 5.74) is 1.77. The van der Waals surface area contributed by atoms with Gasteiger partial charge >= 0.3 is 0 Å². The highest BCUT2D eigenvalue weighted by Crippen LogP contribution is 2.29. The van der Waals surface area contributed by atoms with Crippen molar-refractivity contribution in [2.24, 2.45) is 0 Å². The average molecular weight is 356 g/mol. The Morgan fingerprint density at radius 1 is 1.12 bits per heavy atom. The van der Waals surface area contributed by atoms with E-state index >= 15 is 0 Å². The van der Waals surface area contributed by atoms with Gasteiger partial charge in [-0.05, 0) is 43.2 Å². The van der Waals surface area contributed by atoms with Crippen molar-refractivity contribution >= 4 is 17.7 Å². The predicted octanol–water partition coefficient (Wildman–Crippen LogP) is 5.05. The Balaban J connectivity index is 1.69. The van der Waals surface area contributed by atoms with Crippen LogP contribution in [0.1, 0.15) is 48.0 Å². The van der Waals surface area contributed by atoms with Crippen molar-refractivity contribution in [2.75, 3.05) is 7.11 Å². The molecule has 4 heteroatoms. The van der Waals surface area contributed by atoms with Crippen molar-refractivity contribution in [3.8, 4) is 5.75 Å². The van der Waals surface area contributed by atoms with Crippen molar-refractivity contribution in [3.05, 3.63) is 59.7 Å².